The summed E-state index contributed by atoms with van der Waals surface area (Å²) in [5.74, 6) is 0.393. The molecule has 1 aliphatic heterocycles. The second kappa shape index (κ2) is 5.32. The van der Waals surface area contributed by atoms with Crippen LogP contribution in [0.15, 0.2) is 18.2 Å². The highest BCUT2D eigenvalue weighted by Crippen LogP contribution is 2.17. The van der Waals surface area contributed by atoms with Gasteiger partial charge in [0.25, 0.3) is 0 Å². The number of benzene rings is 1. The van der Waals surface area contributed by atoms with Gasteiger partial charge in [0.15, 0.2) is 0 Å². The van der Waals surface area contributed by atoms with Crippen molar-refractivity contribution in [3.8, 4) is 5.75 Å². The van der Waals surface area contributed by atoms with Gasteiger partial charge in [-0.1, -0.05) is 13.0 Å². The number of phenols is 1. The van der Waals surface area contributed by atoms with Crippen LogP contribution in [0.25, 0.3) is 0 Å². The van der Waals surface area contributed by atoms with Crippen molar-refractivity contribution in [2.75, 3.05) is 26.2 Å². The number of aryl methyl sites for hydroxylation is 1. The van der Waals surface area contributed by atoms with Crippen molar-refractivity contribution < 1.29 is 5.11 Å². The van der Waals surface area contributed by atoms with Crippen molar-refractivity contribution in [2.24, 2.45) is 0 Å². The summed E-state index contributed by atoms with van der Waals surface area (Å²) in [7, 11) is 0. The standard InChI is InChI=1S/C13H20N2O/c1-2-11-7-12(9-13(16)8-11)10-15-5-3-14-4-6-15/h7-9,14,16H,2-6,10H2,1H3. The van der Waals surface area contributed by atoms with Crippen LogP contribution < -0.4 is 5.32 Å². The van der Waals surface area contributed by atoms with Crippen LogP contribution >= 0.6 is 0 Å². The minimum absolute atomic E-state index is 0.393. The highest BCUT2D eigenvalue weighted by Gasteiger charge is 2.10. The van der Waals surface area contributed by atoms with Crippen LogP contribution in [0.1, 0.15) is 18.1 Å². The van der Waals surface area contributed by atoms with Crippen molar-refractivity contribution in [3.63, 3.8) is 0 Å². The summed E-state index contributed by atoms with van der Waals surface area (Å²) in [6, 6.07) is 5.92. The fraction of sp³-hybridized carbons (Fsp3) is 0.538. The second-order valence-electron chi connectivity index (χ2n) is 4.39. The molecule has 2 N–H and O–H groups in total. The van der Waals surface area contributed by atoms with Crippen LogP contribution in [-0.4, -0.2) is 36.2 Å². The van der Waals surface area contributed by atoms with E-state index in [0.717, 1.165) is 39.1 Å². The highest BCUT2D eigenvalue weighted by molar-refractivity contribution is 5.33. The minimum atomic E-state index is 0.393. The van der Waals surface area contributed by atoms with Crippen molar-refractivity contribution in [3.05, 3.63) is 29.3 Å². The highest BCUT2D eigenvalue weighted by atomic mass is 16.3. The van der Waals surface area contributed by atoms with Gasteiger partial charge in [-0.2, -0.15) is 0 Å². The van der Waals surface area contributed by atoms with Gasteiger partial charge in [-0.05, 0) is 29.7 Å². The fourth-order valence-corrected chi connectivity index (χ4v) is 2.17. The molecule has 1 fully saturated rings. The molecule has 88 valence electrons. The molecule has 3 heteroatoms. The van der Waals surface area contributed by atoms with Crippen LogP contribution in [-0.2, 0) is 13.0 Å². The zero-order chi connectivity index (χ0) is 11.4. The molecule has 1 aromatic carbocycles. The molecule has 0 spiro atoms. The first-order valence-corrected chi connectivity index (χ1v) is 6.03. The molecule has 1 aliphatic rings. The maximum absolute atomic E-state index is 9.62. The Balaban J connectivity index is 2.04. The Bertz CT molecular complexity index is 346. The predicted molar refractivity (Wildman–Crippen MR) is 65.6 cm³/mol. The van der Waals surface area contributed by atoms with Gasteiger partial charge in [0.1, 0.15) is 5.75 Å². The third-order valence-corrected chi connectivity index (χ3v) is 3.06. The van der Waals surface area contributed by atoms with Crippen molar-refractivity contribution in [2.45, 2.75) is 19.9 Å². The quantitative estimate of drug-likeness (QED) is 0.807. The number of rotatable bonds is 3. The second-order valence-corrected chi connectivity index (χ2v) is 4.39. The molecule has 1 saturated heterocycles. The Hall–Kier alpha value is -1.06. The van der Waals surface area contributed by atoms with Gasteiger partial charge in [0.2, 0.25) is 0 Å². The third kappa shape index (κ3) is 2.97. The monoisotopic (exact) mass is 220 g/mol. The molecular weight excluding hydrogens is 200 g/mol. The van der Waals surface area contributed by atoms with Gasteiger partial charge < -0.3 is 10.4 Å². The number of nitrogens with zero attached hydrogens (tertiary/aromatic N) is 1. The van der Waals surface area contributed by atoms with Crippen LogP contribution in [0.5, 0.6) is 5.75 Å². The number of aromatic hydroxyl groups is 1. The first-order valence-electron chi connectivity index (χ1n) is 6.03. The van der Waals surface area contributed by atoms with Gasteiger partial charge in [0, 0.05) is 32.7 Å². The Labute approximate surface area is 97.1 Å². The van der Waals surface area contributed by atoms with Crippen LogP contribution in [0.3, 0.4) is 0 Å². The van der Waals surface area contributed by atoms with E-state index in [9.17, 15) is 5.11 Å². The molecule has 0 bridgehead atoms. The number of hydrogen-bond acceptors (Lipinski definition) is 3. The van der Waals surface area contributed by atoms with Gasteiger partial charge in [-0.3, -0.25) is 4.90 Å². The van der Waals surface area contributed by atoms with E-state index in [0.29, 0.717) is 5.75 Å². The normalized spacial score (nSPS) is 17.6. The Morgan fingerprint density at radius 1 is 1.19 bits per heavy atom. The SMILES string of the molecule is CCc1cc(O)cc(CN2CCNCC2)c1. The lowest BCUT2D eigenvalue weighted by atomic mass is 10.1. The van der Waals surface area contributed by atoms with Gasteiger partial charge in [-0.25, -0.2) is 0 Å². The lowest BCUT2D eigenvalue weighted by Gasteiger charge is -2.27. The maximum atomic E-state index is 9.62. The van der Waals surface area contributed by atoms with E-state index in [1.54, 1.807) is 0 Å². The largest absolute Gasteiger partial charge is 0.508 e. The van der Waals surface area contributed by atoms with E-state index in [1.807, 2.05) is 12.1 Å². The fourth-order valence-electron chi connectivity index (χ4n) is 2.17. The zero-order valence-corrected chi connectivity index (χ0v) is 9.87. The van der Waals surface area contributed by atoms with Crippen LogP contribution in [0.2, 0.25) is 0 Å². The summed E-state index contributed by atoms with van der Waals surface area (Å²) in [5, 5.41) is 13.0. The molecule has 0 radical (unpaired) electrons. The summed E-state index contributed by atoms with van der Waals surface area (Å²) in [6.45, 7) is 7.39. The van der Waals surface area contributed by atoms with Gasteiger partial charge >= 0.3 is 0 Å². The lowest BCUT2D eigenvalue weighted by Crippen LogP contribution is -2.42. The topological polar surface area (TPSA) is 35.5 Å². The number of piperazine rings is 1. The van der Waals surface area contributed by atoms with E-state index < -0.39 is 0 Å². The van der Waals surface area contributed by atoms with Crippen molar-refractivity contribution in [1.82, 2.24) is 10.2 Å². The van der Waals surface area contributed by atoms with E-state index in [-0.39, 0.29) is 0 Å². The Morgan fingerprint density at radius 3 is 2.56 bits per heavy atom. The smallest absolute Gasteiger partial charge is 0.116 e. The average molecular weight is 220 g/mol. The van der Waals surface area contributed by atoms with E-state index in [4.69, 9.17) is 0 Å². The Kier molecular flexibility index (Phi) is 3.80. The summed E-state index contributed by atoms with van der Waals surface area (Å²) < 4.78 is 0. The molecule has 0 amide bonds. The maximum Gasteiger partial charge on any atom is 0.116 e. The first-order chi connectivity index (χ1) is 7.78. The molecule has 2 rings (SSSR count). The summed E-state index contributed by atoms with van der Waals surface area (Å²) in [5.41, 5.74) is 2.43. The molecule has 0 aliphatic carbocycles. The molecule has 1 aromatic rings. The molecule has 0 saturated carbocycles. The first kappa shape index (κ1) is 11.4. The Morgan fingerprint density at radius 2 is 1.88 bits per heavy atom. The third-order valence-electron chi connectivity index (χ3n) is 3.06. The van der Waals surface area contributed by atoms with E-state index in [1.165, 1.54) is 11.1 Å². The summed E-state index contributed by atoms with van der Waals surface area (Å²) in [4.78, 5) is 2.42. The van der Waals surface area contributed by atoms with Crippen molar-refractivity contribution >= 4 is 0 Å². The molecule has 0 unspecified atom stereocenters. The van der Waals surface area contributed by atoms with Crippen molar-refractivity contribution in [1.29, 1.82) is 0 Å². The molecule has 0 atom stereocenters. The number of nitrogens with one attached hydrogen (secondary N) is 1. The molecule has 0 aromatic heterocycles. The predicted octanol–water partition coefficient (Wildman–Crippen LogP) is 1.36. The number of hydrogen-bond donors (Lipinski definition) is 2. The minimum Gasteiger partial charge on any atom is -0.508 e. The number of phenolic OH excluding ortho intramolecular Hbond substituents is 1. The van der Waals surface area contributed by atoms with Gasteiger partial charge in [0.05, 0.1) is 0 Å². The zero-order valence-electron chi connectivity index (χ0n) is 9.87. The average Bonchev–Trinajstić information content (AvgIpc) is 2.29. The van der Waals surface area contributed by atoms with Gasteiger partial charge in [-0.15, -0.1) is 0 Å². The summed E-state index contributed by atoms with van der Waals surface area (Å²) in [6.07, 6.45) is 0.975. The molecular formula is C13H20N2O. The molecule has 1 heterocycles. The van der Waals surface area contributed by atoms with Crippen LogP contribution in [0, 0.1) is 0 Å². The van der Waals surface area contributed by atoms with E-state index >= 15 is 0 Å². The van der Waals surface area contributed by atoms with E-state index in [2.05, 4.69) is 23.2 Å². The molecule has 3 nitrogen and oxygen atoms in total. The van der Waals surface area contributed by atoms with Crippen LogP contribution in [0.4, 0.5) is 0 Å². The summed E-state index contributed by atoms with van der Waals surface area (Å²) >= 11 is 0. The lowest BCUT2D eigenvalue weighted by molar-refractivity contribution is 0.233. The molecule has 16 heavy (non-hydrogen) atoms.